The molecule has 3 heterocycles. The molecule has 0 unspecified atom stereocenters. The van der Waals surface area contributed by atoms with E-state index in [4.69, 9.17) is 0 Å². The third-order valence-corrected chi connectivity index (χ3v) is 8.74. The Kier molecular flexibility index (Phi) is 5.69. The first-order valence-electron chi connectivity index (χ1n) is 13.7. The number of nitro benzene ring substituents is 1. The van der Waals surface area contributed by atoms with Crippen molar-refractivity contribution < 1.29 is 19.3 Å². The van der Waals surface area contributed by atoms with Crippen molar-refractivity contribution in [1.82, 2.24) is 0 Å². The minimum absolute atomic E-state index is 0.0740. The summed E-state index contributed by atoms with van der Waals surface area (Å²) in [6.07, 6.45) is 3.85. The molecule has 4 aromatic carbocycles. The summed E-state index contributed by atoms with van der Waals surface area (Å²) < 4.78 is 0. The van der Waals surface area contributed by atoms with Gasteiger partial charge in [-0.1, -0.05) is 84.9 Å². The summed E-state index contributed by atoms with van der Waals surface area (Å²) in [7, 11) is 0. The first-order chi connectivity index (χ1) is 20.3. The second-order valence-electron chi connectivity index (χ2n) is 11.0. The maximum absolute atomic E-state index is 14.8. The number of fused-ring (bicyclic) bond motifs is 6. The Morgan fingerprint density at radius 3 is 2.40 bits per heavy atom. The fraction of sp³-hybridized carbons (Fsp3) is 0.147. The van der Waals surface area contributed by atoms with Crippen LogP contribution in [0.3, 0.4) is 0 Å². The molecule has 1 amide bonds. The quantitative estimate of drug-likeness (QED) is 0.191. The van der Waals surface area contributed by atoms with Gasteiger partial charge in [0.1, 0.15) is 11.5 Å². The van der Waals surface area contributed by atoms with Crippen molar-refractivity contribution in [3.63, 3.8) is 0 Å². The largest absolute Gasteiger partial charge is 0.352 e. The van der Waals surface area contributed by atoms with E-state index in [-0.39, 0.29) is 22.9 Å². The third kappa shape index (κ3) is 3.51. The first kappa shape index (κ1) is 25.6. The van der Waals surface area contributed by atoms with Crippen LogP contribution in [-0.4, -0.2) is 34.5 Å². The number of carbonyl (C=O) groups excluding carboxylic acids is 3. The highest BCUT2D eigenvalue weighted by atomic mass is 16.6. The molecule has 1 spiro atoms. The molecule has 42 heavy (non-hydrogen) atoms. The number of benzene rings is 4. The van der Waals surface area contributed by atoms with Gasteiger partial charge >= 0.3 is 0 Å². The Balaban J connectivity index is 1.54. The molecule has 1 fully saturated rings. The van der Waals surface area contributed by atoms with Gasteiger partial charge in [0.25, 0.3) is 5.69 Å². The molecule has 4 aromatic rings. The molecule has 8 heteroatoms. The summed E-state index contributed by atoms with van der Waals surface area (Å²) in [5.41, 5.74) is 2.55. The van der Waals surface area contributed by atoms with Gasteiger partial charge in [-0.05, 0) is 35.7 Å². The minimum Gasteiger partial charge on any atom is -0.352 e. The number of amides is 1. The van der Waals surface area contributed by atoms with Gasteiger partial charge in [0.05, 0.1) is 16.9 Å². The van der Waals surface area contributed by atoms with Crippen LogP contribution in [0.4, 0.5) is 17.1 Å². The predicted molar refractivity (Wildman–Crippen MR) is 159 cm³/mol. The summed E-state index contributed by atoms with van der Waals surface area (Å²) in [5.74, 6) is -2.39. The van der Waals surface area contributed by atoms with E-state index >= 15 is 0 Å². The monoisotopic (exact) mass is 555 g/mol. The fourth-order valence-electron chi connectivity index (χ4n) is 7.00. The van der Waals surface area contributed by atoms with Gasteiger partial charge in [-0.2, -0.15) is 0 Å². The van der Waals surface area contributed by atoms with Crippen molar-refractivity contribution in [1.29, 1.82) is 0 Å². The van der Waals surface area contributed by atoms with E-state index in [0.29, 0.717) is 16.8 Å². The number of ketones is 2. The second-order valence-corrected chi connectivity index (χ2v) is 11.0. The average Bonchev–Trinajstić information content (AvgIpc) is 3.49. The van der Waals surface area contributed by atoms with Crippen molar-refractivity contribution in [3.8, 4) is 0 Å². The van der Waals surface area contributed by atoms with Crippen molar-refractivity contribution in [3.05, 3.63) is 141 Å². The van der Waals surface area contributed by atoms with Crippen LogP contribution >= 0.6 is 0 Å². The number of aryl methyl sites for hydroxylation is 1. The van der Waals surface area contributed by atoms with Crippen LogP contribution < -0.4 is 10.2 Å². The van der Waals surface area contributed by atoms with Gasteiger partial charge < -0.3 is 10.2 Å². The molecule has 3 aliphatic rings. The number of anilines is 2. The summed E-state index contributed by atoms with van der Waals surface area (Å²) in [6.45, 7) is 1.96. The molecule has 0 aliphatic carbocycles. The molecule has 0 radical (unpaired) electrons. The normalized spacial score (nSPS) is 23.2. The number of nitrogens with one attached hydrogen (secondary N) is 1. The zero-order valence-electron chi connectivity index (χ0n) is 22.6. The Bertz CT molecular complexity index is 1850. The van der Waals surface area contributed by atoms with Crippen LogP contribution in [0.2, 0.25) is 0 Å². The van der Waals surface area contributed by atoms with E-state index in [1.165, 1.54) is 24.3 Å². The molecule has 0 saturated carbocycles. The first-order valence-corrected chi connectivity index (χ1v) is 13.7. The topological polar surface area (TPSA) is 110 Å². The number of nitrogens with zero attached hydrogens (tertiary/aromatic N) is 2. The number of hydrogen-bond acceptors (Lipinski definition) is 6. The predicted octanol–water partition coefficient (Wildman–Crippen LogP) is 5.76. The molecule has 7 rings (SSSR count). The molecule has 1 saturated heterocycles. The molecule has 3 aliphatic heterocycles. The summed E-state index contributed by atoms with van der Waals surface area (Å²) >= 11 is 0. The highest BCUT2D eigenvalue weighted by molar-refractivity contribution is 6.18. The number of nitro groups is 1. The summed E-state index contributed by atoms with van der Waals surface area (Å²) in [5, 5.41) is 14.6. The number of Topliss-reactive ketones (excluding diaryl/α,β-unsaturated/α-hetero) is 2. The lowest BCUT2D eigenvalue weighted by molar-refractivity contribution is -0.384. The molecular weight excluding hydrogens is 530 g/mol. The van der Waals surface area contributed by atoms with Gasteiger partial charge in [-0.15, -0.1) is 0 Å². The standard InChI is InChI=1S/C34H25N3O5/c1-20-14-15-21-16-17-28-34(25-12-5-6-13-26(25)35-33(34)40)29(31(38)23-10-7-11-24(19-23)37(41)42)30(36(28)27(21)18-20)32(39)22-8-3-2-4-9-22/h2-19,28-30H,1H3,(H,35,40)/t28-,29+,30+,34-/m1/s1. The fourth-order valence-corrected chi connectivity index (χ4v) is 7.00. The Morgan fingerprint density at radius 2 is 1.62 bits per heavy atom. The zero-order valence-corrected chi connectivity index (χ0v) is 22.6. The van der Waals surface area contributed by atoms with E-state index in [9.17, 15) is 24.5 Å². The molecule has 0 aromatic heterocycles. The summed E-state index contributed by atoms with van der Waals surface area (Å²) in [4.78, 5) is 56.8. The van der Waals surface area contributed by atoms with Crippen molar-refractivity contribution >= 4 is 40.6 Å². The maximum atomic E-state index is 14.8. The van der Waals surface area contributed by atoms with Crippen LogP contribution in [0.1, 0.15) is 37.4 Å². The Morgan fingerprint density at radius 1 is 0.881 bits per heavy atom. The SMILES string of the molecule is Cc1ccc2c(c1)N1[C@H](C(=O)c3ccccc3)[C@@H](C(=O)c3cccc([N+](=O)[O-])c3)[C@]3(C(=O)Nc4ccccc43)[C@H]1C=C2. The van der Waals surface area contributed by atoms with Gasteiger partial charge in [0, 0.05) is 34.6 Å². The molecule has 8 nitrogen and oxygen atoms in total. The second kappa shape index (κ2) is 9.34. The number of carbonyl (C=O) groups is 3. The highest BCUT2D eigenvalue weighted by Gasteiger charge is 2.70. The van der Waals surface area contributed by atoms with Gasteiger partial charge in [0.15, 0.2) is 11.6 Å². The zero-order chi connectivity index (χ0) is 29.2. The van der Waals surface area contributed by atoms with Gasteiger partial charge in [-0.25, -0.2) is 0 Å². The number of non-ortho nitro benzene ring substituents is 1. The number of hydrogen-bond donors (Lipinski definition) is 1. The lowest BCUT2D eigenvalue weighted by atomic mass is 9.64. The lowest BCUT2D eigenvalue weighted by Crippen LogP contribution is -2.51. The molecular formula is C34H25N3O5. The van der Waals surface area contributed by atoms with Crippen LogP contribution in [0.15, 0.2) is 103 Å². The van der Waals surface area contributed by atoms with Crippen LogP contribution in [0, 0.1) is 23.0 Å². The smallest absolute Gasteiger partial charge is 0.270 e. The van der Waals surface area contributed by atoms with E-state index in [2.05, 4.69) is 5.32 Å². The van der Waals surface area contributed by atoms with Crippen LogP contribution in [0.25, 0.3) is 6.08 Å². The van der Waals surface area contributed by atoms with E-state index < -0.39 is 34.1 Å². The van der Waals surface area contributed by atoms with Crippen molar-refractivity contribution in [2.24, 2.45) is 5.92 Å². The summed E-state index contributed by atoms with van der Waals surface area (Å²) in [6, 6.07) is 25.7. The maximum Gasteiger partial charge on any atom is 0.270 e. The molecule has 0 bridgehead atoms. The van der Waals surface area contributed by atoms with Gasteiger partial charge in [-0.3, -0.25) is 24.5 Å². The van der Waals surface area contributed by atoms with Gasteiger partial charge in [0.2, 0.25) is 5.91 Å². The molecule has 1 N–H and O–H groups in total. The van der Waals surface area contributed by atoms with E-state index in [1.54, 1.807) is 30.3 Å². The Labute approximate surface area is 241 Å². The van der Waals surface area contributed by atoms with Crippen molar-refractivity contribution in [2.45, 2.75) is 24.4 Å². The van der Waals surface area contributed by atoms with Crippen LogP contribution in [0.5, 0.6) is 0 Å². The molecule has 206 valence electrons. The van der Waals surface area contributed by atoms with E-state index in [0.717, 1.165) is 16.8 Å². The van der Waals surface area contributed by atoms with Crippen LogP contribution in [-0.2, 0) is 10.2 Å². The minimum atomic E-state index is -1.48. The third-order valence-electron chi connectivity index (χ3n) is 8.74. The Hall–Kier alpha value is -5.37. The number of para-hydroxylation sites is 1. The lowest BCUT2D eigenvalue weighted by Gasteiger charge is -2.37. The van der Waals surface area contributed by atoms with Crippen molar-refractivity contribution in [2.75, 3.05) is 10.2 Å². The molecule has 4 atom stereocenters. The number of rotatable bonds is 5. The highest BCUT2D eigenvalue weighted by Crippen LogP contribution is 2.58. The average molecular weight is 556 g/mol. The van der Waals surface area contributed by atoms with E-state index in [1.807, 2.05) is 66.4 Å².